The minimum absolute atomic E-state index is 0.0784. The average molecular weight is 225 g/mol. The Labute approximate surface area is 94.5 Å². The highest BCUT2D eigenvalue weighted by molar-refractivity contribution is 8.02. The van der Waals surface area contributed by atoms with E-state index in [9.17, 15) is 4.79 Å². The minimum atomic E-state index is -0.181. The highest BCUT2D eigenvalue weighted by atomic mass is 32.2. The van der Waals surface area contributed by atoms with Gasteiger partial charge in [0.05, 0.1) is 17.9 Å². The molecule has 0 heterocycles. The van der Waals surface area contributed by atoms with Crippen molar-refractivity contribution in [1.29, 1.82) is 5.26 Å². The zero-order chi connectivity index (χ0) is 11.6. The van der Waals surface area contributed by atoms with Gasteiger partial charge in [-0.15, -0.1) is 11.8 Å². The maximum absolute atomic E-state index is 11.4. The van der Waals surface area contributed by atoms with Crippen molar-refractivity contribution < 1.29 is 9.53 Å². The first-order chi connectivity index (χ1) is 6.98. The fourth-order valence-corrected chi connectivity index (χ4v) is 2.25. The number of allylic oxidation sites excluding steroid dienone is 2. The Kier molecular flexibility index (Phi) is 3.46. The molecule has 82 valence electrons. The summed E-state index contributed by atoms with van der Waals surface area (Å²) in [5, 5.41) is 8.80. The lowest BCUT2D eigenvalue weighted by Gasteiger charge is -1.99. The van der Waals surface area contributed by atoms with E-state index in [1.807, 2.05) is 26.2 Å². The number of ether oxygens (including phenoxy) is 1. The second-order valence-corrected chi connectivity index (χ2v) is 5.04. The molecule has 0 aromatic rings. The van der Waals surface area contributed by atoms with Gasteiger partial charge in [0.1, 0.15) is 6.07 Å². The van der Waals surface area contributed by atoms with E-state index in [4.69, 9.17) is 10.00 Å². The van der Waals surface area contributed by atoms with Gasteiger partial charge in [-0.2, -0.15) is 5.26 Å². The van der Waals surface area contributed by atoms with E-state index >= 15 is 0 Å². The summed E-state index contributed by atoms with van der Waals surface area (Å²) in [5.74, 6) is -0.148. The number of rotatable bonds is 3. The summed E-state index contributed by atoms with van der Waals surface area (Å²) < 4.78 is 4.73. The van der Waals surface area contributed by atoms with Crippen molar-refractivity contribution in [2.75, 3.05) is 13.4 Å². The third kappa shape index (κ3) is 2.18. The molecule has 1 saturated carbocycles. The fraction of sp³-hybridized carbons (Fsp3) is 0.636. The number of esters is 1. The molecule has 0 aliphatic heterocycles. The number of nitriles is 1. The van der Waals surface area contributed by atoms with Crippen molar-refractivity contribution in [3.8, 4) is 6.07 Å². The van der Waals surface area contributed by atoms with Crippen LogP contribution in [0.15, 0.2) is 11.0 Å². The van der Waals surface area contributed by atoms with Gasteiger partial charge in [-0.3, -0.25) is 4.79 Å². The van der Waals surface area contributed by atoms with Gasteiger partial charge in [-0.05, 0) is 17.6 Å². The lowest BCUT2D eigenvalue weighted by molar-refractivity contribution is -0.143. The third-order valence-electron chi connectivity index (χ3n) is 3.03. The second kappa shape index (κ2) is 4.28. The van der Waals surface area contributed by atoms with Crippen molar-refractivity contribution >= 4 is 17.7 Å². The van der Waals surface area contributed by atoms with Gasteiger partial charge in [0.15, 0.2) is 0 Å². The van der Waals surface area contributed by atoms with Gasteiger partial charge < -0.3 is 4.74 Å². The zero-order valence-corrected chi connectivity index (χ0v) is 10.2. The van der Waals surface area contributed by atoms with E-state index in [0.29, 0.717) is 4.91 Å². The molecular formula is C11H15NO2S. The van der Waals surface area contributed by atoms with Crippen molar-refractivity contribution in [2.45, 2.75) is 13.8 Å². The molecule has 0 amide bonds. The van der Waals surface area contributed by atoms with Gasteiger partial charge in [-0.25, -0.2) is 0 Å². The Morgan fingerprint density at radius 2 is 2.20 bits per heavy atom. The lowest BCUT2D eigenvalue weighted by atomic mass is 10.1. The van der Waals surface area contributed by atoms with Gasteiger partial charge in [0.2, 0.25) is 0 Å². The van der Waals surface area contributed by atoms with E-state index in [1.165, 1.54) is 18.9 Å². The molecular weight excluding hydrogens is 210 g/mol. The molecule has 1 rings (SSSR count). The van der Waals surface area contributed by atoms with Crippen molar-refractivity contribution in [2.24, 2.45) is 17.3 Å². The summed E-state index contributed by atoms with van der Waals surface area (Å²) in [7, 11) is 1.40. The average Bonchev–Trinajstić information content (AvgIpc) is 2.75. The van der Waals surface area contributed by atoms with Crippen LogP contribution in [0.25, 0.3) is 0 Å². The van der Waals surface area contributed by atoms with E-state index in [2.05, 4.69) is 6.07 Å². The van der Waals surface area contributed by atoms with Crippen LogP contribution in [0.3, 0.4) is 0 Å². The summed E-state index contributed by atoms with van der Waals surface area (Å²) in [6, 6.07) is 2.11. The van der Waals surface area contributed by atoms with Crippen LogP contribution in [0.5, 0.6) is 0 Å². The normalized spacial score (nSPS) is 28.1. The van der Waals surface area contributed by atoms with Gasteiger partial charge in [-0.1, -0.05) is 19.9 Å². The molecule has 0 aromatic carbocycles. The minimum Gasteiger partial charge on any atom is -0.469 e. The van der Waals surface area contributed by atoms with E-state index in [0.717, 1.165) is 0 Å². The Morgan fingerprint density at radius 3 is 2.60 bits per heavy atom. The van der Waals surface area contributed by atoms with Crippen LogP contribution in [0.2, 0.25) is 0 Å². The first-order valence-corrected chi connectivity index (χ1v) is 5.95. The highest BCUT2D eigenvalue weighted by Gasteiger charge is 2.61. The molecule has 1 fully saturated rings. The van der Waals surface area contributed by atoms with Crippen LogP contribution in [0, 0.1) is 28.6 Å². The molecule has 0 spiro atoms. The summed E-state index contributed by atoms with van der Waals surface area (Å²) >= 11 is 1.41. The van der Waals surface area contributed by atoms with Gasteiger partial charge >= 0.3 is 5.97 Å². The summed E-state index contributed by atoms with van der Waals surface area (Å²) in [6.45, 7) is 4.04. The van der Waals surface area contributed by atoms with Crippen molar-refractivity contribution in [3.05, 3.63) is 11.0 Å². The molecule has 3 nitrogen and oxygen atoms in total. The van der Waals surface area contributed by atoms with E-state index < -0.39 is 0 Å². The predicted molar refractivity (Wildman–Crippen MR) is 60.0 cm³/mol. The first-order valence-electron chi connectivity index (χ1n) is 4.72. The Hall–Kier alpha value is -0.950. The number of carbonyl (C=O) groups excluding carboxylic acids is 1. The van der Waals surface area contributed by atoms with Crippen LogP contribution in [-0.2, 0) is 9.53 Å². The molecule has 0 radical (unpaired) electrons. The zero-order valence-electron chi connectivity index (χ0n) is 9.40. The van der Waals surface area contributed by atoms with Crippen molar-refractivity contribution in [3.63, 3.8) is 0 Å². The molecule has 15 heavy (non-hydrogen) atoms. The smallest absolute Gasteiger partial charge is 0.309 e. The first kappa shape index (κ1) is 12.1. The summed E-state index contributed by atoms with van der Waals surface area (Å²) in [5.41, 5.74) is -0.0784. The highest BCUT2D eigenvalue weighted by Crippen LogP contribution is 2.60. The molecule has 1 aliphatic carbocycles. The van der Waals surface area contributed by atoms with E-state index in [-0.39, 0.29) is 23.2 Å². The second-order valence-electron chi connectivity index (χ2n) is 4.19. The molecule has 4 heteroatoms. The number of methoxy groups -OCH3 is 1. The maximum atomic E-state index is 11.4. The Morgan fingerprint density at radius 1 is 1.60 bits per heavy atom. The largest absolute Gasteiger partial charge is 0.469 e. The molecule has 0 unspecified atom stereocenters. The third-order valence-corrected chi connectivity index (χ3v) is 3.69. The number of carbonyl (C=O) groups is 1. The van der Waals surface area contributed by atoms with Crippen LogP contribution in [0.1, 0.15) is 13.8 Å². The SMILES string of the molecule is COC(=O)[C@@H]1[C@@H](/C=C(/C#N)SC)C1(C)C. The lowest BCUT2D eigenvalue weighted by Crippen LogP contribution is -2.07. The number of nitrogens with zero attached hydrogens (tertiary/aromatic N) is 1. The van der Waals surface area contributed by atoms with Gasteiger partial charge in [0.25, 0.3) is 0 Å². The Balaban J connectivity index is 2.80. The van der Waals surface area contributed by atoms with Crippen LogP contribution < -0.4 is 0 Å². The molecule has 1 aliphatic rings. The number of hydrogen-bond donors (Lipinski definition) is 0. The maximum Gasteiger partial charge on any atom is 0.309 e. The van der Waals surface area contributed by atoms with Crippen LogP contribution in [0.4, 0.5) is 0 Å². The molecule has 0 aromatic heterocycles. The predicted octanol–water partition coefficient (Wildman–Crippen LogP) is 2.20. The molecule has 0 bridgehead atoms. The molecule has 2 atom stereocenters. The molecule has 0 saturated heterocycles. The van der Waals surface area contributed by atoms with Crippen molar-refractivity contribution in [1.82, 2.24) is 0 Å². The number of thioether (sulfide) groups is 1. The fourth-order valence-electron chi connectivity index (χ4n) is 1.88. The topological polar surface area (TPSA) is 50.1 Å². The quantitative estimate of drug-likeness (QED) is 0.546. The van der Waals surface area contributed by atoms with Crippen LogP contribution in [-0.4, -0.2) is 19.3 Å². The molecule has 0 N–H and O–H groups in total. The number of hydrogen-bond acceptors (Lipinski definition) is 4. The van der Waals surface area contributed by atoms with E-state index in [1.54, 1.807) is 0 Å². The Bertz CT molecular complexity index is 341. The summed E-state index contributed by atoms with van der Waals surface area (Å²) in [6.07, 6.45) is 3.74. The summed E-state index contributed by atoms with van der Waals surface area (Å²) in [4.78, 5) is 12.1. The van der Waals surface area contributed by atoms with Gasteiger partial charge in [0, 0.05) is 0 Å². The standard InChI is InChI=1S/C11H15NO2S/c1-11(2)8(5-7(6-12)15-4)9(11)10(13)14-3/h5,8-9H,1-4H3/b7-5-/t8-,9+/m1/s1. The monoisotopic (exact) mass is 225 g/mol. The van der Waals surface area contributed by atoms with Crippen LogP contribution >= 0.6 is 11.8 Å².